The summed E-state index contributed by atoms with van der Waals surface area (Å²) in [5, 5.41) is 13.9. The number of amidine groups is 1. The van der Waals surface area contributed by atoms with Gasteiger partial charge in [-0.1, -0.05) is 48.2 Å². The average molecular weight is 292 g/mol. The van der Waals surface area contributed by atoms with E-state index >= 15 is 0 Å². The number of hydrogen-bond donors (Lipinski definition) is 1. The number of nitrogens with one attached hydrogen (secondary N) is 1. The molecule has 3 rings (SSSR count). The number of fused-ring (bicyclic) bond motifs is 2. The van der Waals surface area contributed by atoms with Gasteiger partial charge in [-0.05, 0) is 18.4 Å². The lowest BCUT2D eigenvalue weighted by Gasteiger charge is -2.08. The van der Waals surface area contributed by atoms with Crippen molar-refractivity contribution in [2.24, 2.45) is 4.99 Å². The van der Waals surface area contributed by atoms with Crippen LogP contribution >= 0.6 is 11.8 Å². The summed E-state index contributed by atoms with van der Waals surface area (Å²) in [6, 6.07) is 15.8. The van der Waals surface area contributed by atoms with Gasteiger partial charge in [0.05, 0.1) is 16.7 Å². The Labute approximate surface area is 126 Å². The second kappa shape index (κ2) is 5.81. The Morgan fingerprint density at radius 1 is 1.10 bits per heavy atom. The molecule has 0 saturated heterocycles. The summed E-state index contributed by atoms with van der Waals surface area (Å²) in [7, 11) is 0. The Balaban J connectivity index is 2.38. The molecule has 5 heteroatoms. The number of benzene rings is 2. The van der Waals surface area contributed by atoms with E-state index in [-0.39, 0.29) is 0 Å². The first kappa shape index (κ1) is 13.4. The molecule has 0 fully saturated rings. The third-order valence-corrected chi connectivity index (χ3v) is 3.71. The quantitative estimate of drug-likeness (QED) is 0.243. The van der Waals surface area contributed by atoms with Crippen molar-refractivity contribution in [1.82, 2.24) is 10.3 Å². The number of nitrogens with zero attached hydrogens (tertiary/aromatic N) is 3. The first-order valence-corrected chi connectivity index (χ1v) is 7.61. The highest BCUT2D eigenvalue weighted by Gasteiger charge is 2.09. The molecule has 1 heterocycles. The van der Waals surface area contributed by atoms with Crippen molar-refractivity contribution in [2.75, 3.05) is 6.26 Å². The largest absolute Gasteiger partial charge is 0.271 e. The molecular formula is C16H12N4S. The summed E-state index contributed by atoms with van der Waals surface area (Å²) in [5.41, 5.74) is 2.63. The summed E-state index contributed by atoms with van der Waals surface area (Å²) in [4.78, 5) is 9.29. The van der Waals surface area contributed by atoms with E-state index in [0.717, 1.165) is 27.5 Å². The smallest absolute Gasteiger partial charge is 0.183 e. The third kappa shape index (κ3) is 2.54. The first-order chi connectivity index (χ1) is 10.3. The van der Waals surface area contributed by atoms with Crippen molar-refractivity contribution < 1.29 is 0 Å². The van der Waals surface area contributed by atoms with Crippen molar-refractivity contribution in [1.29, 1.82) is 5.26 Å². The standard InChI is InChI=1S/C16H12N4S/c1-21-16(18-10-17)20-15-11-6-2-4-8-13(11)19-14-9-5-3-7-12(14)15/h2-9H,1H3,(H,18,19,20). The zero-order valence-corrected chi connectivity index (χ0v) is 12.2. The third-order valence-electron chi connectivity index (χ3n) is 3.13. The molecule has 0 unspecified atom stereocenters. The van der Waals surface area contributed by atoms with Gasteiger partial charge in [0.15, 0.2) is 11.4 Å². The van der Waals surface area contributed by atoms with Crippen LogP contribution < -0.4 is 5.32 Å². The molecule has 0 saturated carbocycles. The first-order valence-electron chi connectivity index (χ1n) is 6.39. The Kier molecular flexibility index (Phi) is 3.71. The van der Waals surface area contributed by atoms with Crippen LogP contribution in [0, 0.1) is 11.5 Å². The van der Waals surface area contributed by atoms with Gasteiger partial charge < -0.3 is 0 Å². The van der Waals surface area contributed by atoms with E-state index in [9.17, 15) is 0 Å². The number of para-hydroxylation sites is 2. The van der Waals surface area contributed by atoms with Crippen molar-refractivity contribution in [3.05, 3.63) is 48.5 Å². The van der Waals surface area contributed by atoms with Crippen LogP contribution in [-0.2, 0) is 0 Å². The molecule has 0 spiro atoms. The van der Waals surface area contributed by atoms with E-state index in [0.29, 0.717) is 5.17 Å². The SMILES string of the molecule is CSC(=Nc1c2ccccc2nc2ccccc12)NC#N. The number of rotatable bonds is 1. The van der Waals surface area contributed by atoms with Crippen molar-refractivity contribution >= 4 is 44.4 Å². The van der Waals surface area contributed by atoms with Gasteiger partial charge in [-0.2, -0.15) is 5.26 Å². The fourth-order valence-corrected chi connectivity index (χ4v) is 2.54. The molecule has 0 amide bonds. The predicted molar refractivity (Wildman–Crippen MR) is 88.6 cm³/mol. The molecule has 4 nitrogen and oxygen atoms in total. The lowest BCUT2D eigenvalue weighted by atomic mass is 10.1. The molecule has 102 valence electrons. The van der Waals surface area contributed by atoms with Crippen molar-refractivity contribution in [3.8, 4) is 6.19 Å². The summed E-state index contributed by atoms with van der Waals surface area (Å²) in [5.74, 6) is 0. The van der Waals surface area contributed by atoms with E-state index in [4.69, 9.17) is 5.26 Å². The van der Waals surface area contributed by atoms with Gasteiger partial charge in [-0.3, -0.25) is 5.32 Å². The van der Waals surface area contributed by atoms with Crippen LogP contribution in [0.2, 0.25) is 0 Å². The normalized spacial score (nSPS) is 11.5. The Morgan fingerprint density at radius 3 is 2.19 bits per heavy atom. The minimum absolute atomic E-state index is 0.569. The number of aliphatic imine (C=N–C) groups is 1. The number of nitriles is 1. The fourth-order valence-electron chi connectivity index (χ4n) is 2.21. The maximum atomic E-state index is 8.80. The Hall–Kier alpha value is -2.58. The monoisotopic (exact) mass is 292 g/mol. The summed E-state index contributed by atoms with van der Waals surface area (Å²) in [6.07, 6.45) is 3.80. The lowest BCUT2D eigenvalue weighted by molar-refractivity contribution is 1.28. The van der Waals surface area contributed by atoms with Gasteiger partial charge in [-0.25, -0.2) is 9.98 Å². The average Bonchev–Trinajstić information content (AvgIpc) is 2.53. The Morgan fingerprint density at radius 2 is 1.67 bits per heavy atom. The molecule has 0 aliphatic rings. The zero-order chi connectivity index (χ0) is 14.7. The molecule has 21 heavy (non-hydrogen) atoms. The van der Waals surface area contributed by atoms with Crippen LogP contribution in [0.5, 0.6) is 0 Å². The second-order valence-corrected chi connectivity index (χ2v) is 5.15. The topological polar surface area (TPSA) is 61.1 Å². The van der Waals surface area contributed by atoms with E-state index in [2.05, 4.69) is 15.3 Å². The minimum atomic E-state index is 0.569. The maximum absolute atomic E-state index is 8.80. The van der Waals surface area contributed by atoms with Gasteiger partial charge >= 0.3 is 0 Å². The molecule has 1 aromatic heterocycles. The van der Waals surface area contributed by atoms with E-state index in [1.807, 2.05) is 61.0 Å². The summed E-state index contributed by atoms with van der Waals surface area (Å²) >= 11 is 1.40. The molecule has 0 atom stereocenters. The van der Waals surface area contributed by atoms with Crippen LogP contribution in [0.3, 0.4) is 0 Å². The van der Waals surface area contributed by atoms with Crippen LogP contribution in [0.4, 0.5) is 5.69 Å². The molecule has 3 aromatic rings. The molecule has 0 bridgehead atoms. The number of pyridine rings is 1. The highest BCUT2D eigenvalue weighted by atomic mass is 32.2. The summed E-state index contributed by atoms with van der Waals surface area (Å²) < 4.78 is 0. The second-order valence-electron chi connectivity index (χ2n) is 4.35. The lowest BCUT2D eigenvalue weighted by Crippen LogP contribution is -2.12. The van der Waals surface area contributed by atoms with Crippen LogP contribution in [0.25, 0.3) is 21.8 Å². The predicted octanol–water partition coefficient (Wildman–Crippen LogP) is 3.81. The van der Waals surface area contributed by atoms with E-state index in [1.165, 1.54) is 11.8 Å². The minimum Gasteiger partial charge on any atom is -0.271 e. The van der Waals surface area contributed by atoms with Gasteiger partial charge in [0.1, 0.15) is 0 Å². The van der Waals surface area contributed by atoms with Crippen LogP contribution in [-0.4, -0.2) is 16.4 Å². The molecule has 2 aromatic carbocycles. The summed E-state index contributed by atoms with van der Waals surface area (Å²) in [6.45, 7) is 0. The molecule has 1 N–H and O–H groups in total. The van der Waals surface area contributed by atoms with E-state index in [1.54, 1.807) is 0 Å². The highest BCUT2D eigenvalue weighted by molar-refractivity contribution is 8.13. The zero-order valence-electron chi connectivity index (χ0n) is 11.4. The van der Waals surface area contributed by atoms with Crippen LogP contribution in [0.1, 0.15) is 0 Å². The molecule has 0 aliphatic heterocycles. The van der Waals surface area contributed by atoms with Gasteiger partial charge in [0.2, 0.25) is 0 Å². The van der Waals surface area contributed by atoms with Gasteiger partial charge in [0, 0.05) is 10.8 Å². The van der Waals surface area contributed by atoms with Crippen molar-refractivity contribution in [3.63, 3.8) is 0 Å². The van der Waals surface area contributed by atoms with Gasteiger partial charge in [0.25, 0.3) is 0 Å². The highest BCUT2D eigenvalue weighted by Crippen LogP contribution is 2.33. The number of aromatic nitrogens is 1. The molecular weight excluding hydrogens is 280 g/mol. The number of thioether (sulfide) groups is 1. The fraction of sp³-hybridized carbons (Fsp3) is 0.0625. The van der Waals surface area contributed by atoms with E-state index < -0.39 is 0 Å². The maximum Gasteiger partial charge on any atom is 0.183 e. The van der Waals surface area contributed by atoms with Crippen LogP contribution in [0.15, 0.2) is 53.5 Å². The molecule has 0 aliphatic carbocycles. The Bertz CT molecular complexity index is 826. The number of hydrogen-bond acceptors (Lipinski definition) is 4. The molecule has 0 radical (unpaired) electrons. The van der Waals surface area contributed by atoms with Gasteiger partial charge in [-0.15, -0.1) is 0 Å². The van der Waals surface area contributed by atoms with Crippen molar-refractivity contribution in [2.45, 2.75) is 0 Å².